The Morgan fingerprint density at radius 1 is 1.21 bits per heavy atom. The van der Waals surface area contributed by atoms with E-state index in [1.54, 1.807) is 0 Å². The van der Waals surface area contributed by atoms with E-state index in [0.717, 1.165) is 25.6 Å². The quantitative estimate of drug-likeness (QED) is 0.717. The van der Waals surface area contributed by atoms with Crippen LogP contribution in [0.15, 0.2) is 0 Å². The molecule has 2 aliphatic heterocycles. The monoisotopic (exact) mass is 262 g/mol. The first-order chi connectivity index (χ1) is 8.80. The lowest BCUT2D eigenvalue weighted by Gasteiger charge is -2.36. The Balaban J connectivity index is 1.90. The maximum atomic E-state index is 2.74. The molecule has 0 aliphatic carbocycles. The third-order valence-corrected chi connectivity index (χ3v) is 5.59. The fourth-order valence-corrected chi connectivity index (χ4v) is 4.45. The predicted molar refractivity (Wildman–Crippen MR) is 88.3 cm³/mol. The molecule has 2 saturated heterocycles. The molecular weight excluding hydrogens is 230 g/mol. The van der Waals surface area contributed by atoms with Crippen LogP contribution in [0.4, 0.5) is 0 Å². The second-order valence-electron chi connectivity index (χ2n) is 7.97. The van der Waals surface area contributed by atoms with Gasteiger partial charge in [0, 0.05) is 5.54 Å². The van der Waals surface area contributed by atoms with Crippen molar-refractivity contribution >= 4 is 13.7 Å². The summed E-state index contributed by atoms with van der Waals surface area (Å²) >= 11 is 0. The van der Waals surface area contributed by atoms with Crippen LogP contribution < -0.4 is 0 Å². The van der Waals surface area contributed by atoms with Gasteiger partial charge in [0.05, 0.1) is 0 Å². The van der Waals surface area contributed by atoms with E-state index in [2.05, 4.69) is 51.0 Å². The second kappa shape index (κ2) is 5.81. The van der Waals surface area contributed by atoms with Gasteiger partial charge in [-0.15, -0.1) is 0 Å². The Morgan fingerprint density at radius 3 is 2.37 bits per heavy atom. The van der Waals surface area contributed by atoms with Gasteiger partial charge in [-0.05, 0) is 65.0 Å². The zero-order valence-electron chi connectivity index (χ0n) is 13.9. The highest BCUT2D eigenvalue weighted by molar-refractivity contribution is 6.57. The minimum absolute atomic E-state index is 0.332. The zero-order valence-corrected chi connectivity index (χ0v) is 13.9. The van der Waals surface area contributed by atoms with Crippen molar-refractivity contribution in [2.75, 3.05) is 13.1 Å². The zero-order chi connectivity index (χ0) is 14.2. The summed E-state index contributed by atoms with van der Waals surface area (Å²) < 4.78 is 0. The fourth-order valence-electron chi connectivity index (χ4n) is 4.45. The van der Waals surface area contributed by atoms with Crippen LogP contribution in [-0.4, -0.2) is 48.0 Å². The van der Waals surface area contributed by atoms with Gasteiger partial charge in [-0.1, -0.05) is 26.9 Å². The van der Waals surface area contributed by atoms with E-state index in [1.807, 2.05) is 0 Å². The number of hydrogen-bond donors (Lipinski definition) is 0. The summed E-state index contributed by atoms with van der Waals surface area (Å²) in [6, 6.07) is 0.768. The maximum Gasteiger partial charge on any atom is 0.223 e. The van der Waals surface area contributed by atoms with Gasteiger partial charge in [-0.3, -0.25) is 0 Å². The van der Waals surface area contributed by atoms with E-state index >= 15 is 0 Å². The Kier molecular flexibility index (Phi) is 4.72. The number of rotatable bonds is 3. The molecule has 0 spiro atoms. The molecule has 0 aromatic carbocycles. The standard InChI is InChI=1S/C15H32B2N2/c1-13(18-10-7-9-16(18)5)12-14-8-11-19(17(14)6)15(2,3)4/h13-14H,7-12H2,1-6H3. The molecule has 0 radical (unpaired) electrons. The van der Waals surface area contributed by atoms with Gasteiger partial charge in [0.25, 0.3) is 0 Å². The molecule has 2 atom stereocenters. The maximum absolute atomic E-state index is 2.74. The van der Waals surface area contributed by atoms with Crippen LogP contribution in [0.5, 0.6) is 0 Å². The van der Waals surface area contributed by atoms with Crippen molar-refractivity contribution in [1.29, 1.82) is 0 Å². The largest absolute Gasteiger partial charge is 0.340 e. The van der Waals surface area contributed by atoms with E-state index in [0.29, 0.717) is 5.54 Å². The summed E-state index contributed by atoms with van der Waals surface area (Å²) in [5.74, 6) is 0.891. The van der Waals surface area contributed by atoms with Crippen molar-refractivity contribution in [3.63, 3.8) is 0 Å². The van der Waals surface area contributed by atoms with E-state index in [4.69, 9.17) is 0 Å². The summed E-state index contributed by atoms with van der Waals surface area (Å²) in [6.45, 7) is 18.6. The van der Waals surface area contributed by atoms with E-state index in [1.165, 1.54) is 38.7 Å². The molecule has 0 N–H and O–H groups in total. The van der Waals surface area contributed by atoms with Crippen LogP contribution in [0.2, 0.25) is 25.8 Å². The minimum Gasteiger partial charge on any atom is -0.340 e. The van der Waals surface area contributed by atoms with Crippen molar-refractivity contribution in [3.8, 4) is 0 Å². The molecule has 19 heavy (non-hydrogen) atoms. The number of nitrogens with zero attached hydrogens (tertiary/aromatic N) is 2. The van der Waals surface area contributed by atoms with Crippen LogP contribution >= 0.6 is 0 Å². The lowest BCUT2D eigenvalue weighted by molar-refractivity contribution is 0.266. The molecule has 2 nitrogen and oxygen atoms in total. The lowest BCUT2D eigenvalue weighted by Crippen LogP contribution is -2.47. The first-order valence-electron chi connectivity index (χ1n) is 8.33. The van der Waals surface area contributed by atoms with Crippen molar-refractivity contribution in [2.45, 2.75) is 84.3 Å². The molecule has 0 bridgehead atoms. The summed E-state index contributed by atoms with van der Waals surface area (Å²) in [5, 5.41) is 0. The van der Waals surface area contributed by atoms with Gasteiger partial charge >= 0.3 is 0 Å². The molecule has 2 aliphatic rings. The van der Waals surface area contributed by atoms with Gasteiger partial charge in [0.1, 0.15) is 0 Å². The van der Waals surface area contributed by atoms with E-state index in [-0.39, 0.29) is 0 Å². The normalized spacial score (nSPS) is 28.4. The summed E-state index contributed by atoms with van der Waals surface area (Å²) in [5.41, 5.74) is 0.332. The lowest BCUT2D eigenvalue weighted by atomic mass is 9.51. The van der Waals surface area contributed by atoms with Crippen LogP contribution in [0.3, 0.4) is 0 Å². The third-order valence-electron chi connectivity index (χ3n) is 5.59. The third kappa shape index (κ3) is 3.39. The molecule has 2 heterocycles. The van der Waals surface area contributed by atoms with Crippen LogP contribution in [-0.2, 0) is 0 Å². The van der Waals surface area contributed by atoms with Crippen LogP contribution in [0.1, 0.15) is 47.0 Å². The van der Waals surface area contributed by atoms with E-state index in [9.17, 15) is 0 Å². The van der Waals surface area contributed by atoms with Crippen molar-refractivity contribution in [1.82, 2.24) is 9.62 Å². The Morgan fingerprint density at radius 2 is 1.89 bits per heavy atom. The fraction of sp³-hybridized carbons (Fsp3) is 1.00. The van der Waals surface area contributed by atoms with Crippen molar-refractivity contribution in [3.05, 3.63) is 0 Å². The van der Waals surface area contributed by atoms with Gasteiger partial charge in [0.15, 0.2) is 0 Å². The summed E-state index contributed by atoms with van der Waals surface area (Å²) in [6.07, 6.45) is 5.58. The molecule has 0 aromatic rings. The average molecular weight is 262 g/mol. The van der Waals surface area contributed by atoms with E-state index < -0.39 is 0 Å². The average Bonchev–Trinajstić information content (AvgIpc) is 2.85. The molecule has 2 unspecified atom stereocenters. The molecule has 0 saturated carbocycles. The molecule has 0 amide bonds. The first-order valence-corrected chi connectivity index (χ1v) is 8.33. The topological polar surface area (TPSA) is 6.48 Å². The smallest absolute Gasteiger partial charge is 0.223 e. The molecule has 0 aromatic heterocycles. The Bertz CT molecular complexity index is 303. The molecule has 4 heteroatoms. The van der Waals surface area contributed by atoms with Gasteiger partial charge in [-0.2, -0.15) is 0 Å². The predicted octanol–water partition coefficient (Wildman–Crippen LogP) is 3.59. The molecule has 2 rings (SSSR count). The van der Waals surface area contributed by atoms with Crippen LogP contribution in [0, 0.1) is 0 Å². The van der Waals surface area contributed by atoms with Gasteiger partial charge in [0.2, 0.25) is 13.7 Å². The minimum atomic E-state index is 0.332. The van der Waals surface area contributed by atoms with Crippen molar-refractivity contribution < 1.29 is 0 Å². The SMILES string of the molecule is CB1CCCN1C(C)CC1CCN(C(C)(C)C)B1C. The molecule has 108 valence electrons. The highest BCUT2D eigenvalue weighted by atomic mass is 15.1. The first kappa shape index (κ1) is 15.4. The highest BCUT2D eigenvalue weighted by Crippen LogP contribution is 2.36. The van der Waals surface area contributed by atoms with Gasteiger partial charge in [-0.25, -0.2) is 0 Å². The second-order valence-corrected chi connectivity index (χ2v) is 7.97. The summed E-state index contributed by atoms with van der Waals surface area (Å²) in [7, 11) is 0. The Labute approximate surface area is 121 Å². The van der Waals surface area contributed by atoms with Gasteiger partial charge < -0.3 is 9.62 Å². The number of hydrogen-bond acceptors (Lipinski definition) is 2. The van der Waals surface area contributed by atoms with Crippen molar-refractivity contribution in [2.24, 2.45) is 0 Å². The molecule has 2 fully saturated rings. The van der Waals surface area contributed by atoms with Crippen LogP contribution in [0.25, 0.3) is 0 Å². The summed E-state index contributed by atoms with van der Waals surface area (Å²) in [4.78, 5) is 5.45. The Hall–Kier alpha value is 0.0499. The molecular formula is C15H32B2N2. The highest BCUT2D eigenvalue weighted by Gasteiger charge is 2.40.